The van der Waals surface area contributed by atoms with Crippen LogP contribution in [0.3, 0.4) is 0 Å². The average molecular weight is 432 g/mol. The second-order valence-corrected chi connectivity index (χ2v) is 7.76. The van der Waals surface area contributed by atoms with Crippen molar-refractivity contribution in [3.05, 3.63) is 77.0 Å². The summed E-state index contributed by atoms with van der Waals surface area (Å²) in [7, 11) is 1.73. The van der Waals surface area contributed by atoms with Gasteiger partial charge in [0, 0.05) is 36.3 Å². The number of carbonyl (C=O) groups is 2. The molecule has 0 fully saturated rings. The predicted molar refractivity (Wildman–Crippen MR) is 127 cm³/mol. The highest BCUT2D eigenvalue weighted by Crippen LogP contribution is 2.28. The lowest BCUT2D eigenvalue weighted by atomic mass is 9.83. The Morgan fingerprint density at radius 1 is 1.19 bits per heavy atom. The molecule has 4 N–H and O–H groups in total. The Bertz CT molecular complexity index is 1020. The van der Waals surface area contributed by atoms with Gasteiger partial charge in [-0.25, -0.2) is 0 Å². The minimum absolute atomic E-state index is 0.302. The SMILES string of the molecule is CN/C=C(\C=N)[C@H](NCC(C)C)[C@H](C(=O)Nc1cccc(C#N)c1)c1ccccc1C=O. The zero-order chi connectivity index (χ0) is 23.5. The Labute approximate surface area is 189 Å². The lowest BCUT2D eigenvalue weighted by molar-refractivity contribution is -0.118. The zero-order valence-corrected chi connectivity index (χ0v) is 18.6. The van der Waals surface area contributed by atoms with Crippen LogP contribution in [0.2, 0.25) is 0 Å². The third-order valence-electron chi connectivity index (χ3n) is 4.92. The van der Waals surface area contributed by atoms with Gasteiger partial charge >= 0.3 is 0 Å². The van der Waals surface area contributed by atoms with E-state index in [1.807, 2.05) is 0 Å². The van der Waals surface area contributed by atoms with Crippen LogP contribution in [0.4, 0.5) is 5.69 Å². The van der Waals surface area contributed by atoms with Crippen molar-refractivity contribution in [1.29, 1.82) is 10.7 Å². The van der Waals surface area contributed by atoms with Crippen LogP contribution >= 0.6 is 0 Å². The van der Waals surface area contributed by atoms with E-state index in [1.54, 1.807) is 61.8 Å². The van der Waals surface area contributed by atoms with Gasteiger partial charge in [0.25, 0.3) is 0 Å². The van der Waals surface area contributed by atoms with Gasteiger partial charge < -0.3 is 21.4 Å². The van der Waals surface area contributed by atoms with E-state index in [1.165, 1.54) is 6.21 Å². The molecule has 0 heterocycles. The van der Waals surface area contributed by atoms with E-state index in [0.717, 1.165) is 6.29 Å². The van der Waals surface area contributed by atoms with Crippen LogP contribution < -0.4 is 16.0 Å². The number of aldehydes is 1. The molecule has 1 amide bonds. The molecular weight excluding hydrogens is 402 g/mol. The molecule has 7 nitrogen and oxygen atoms in total. The van der Waals surface area contributed by atoms with Crippen molar-refractivity contribution >= 4 is 24.1 Å². The molecular formula is C25H29N5O2. The minimum Gasteiger partial charge on any atom is -0.394 e. The van der Waals surface area contributed by atoms with Crippen LogP contribution in [0.5, 0.6) is 0 Å². The maximum absolute atomic E-state index is 13.6. The van der Waals surface area contributed by atoms with Gasteiger partial charge in [-0.15, -0.1) is 0 Å². The quantitative estimate of drug-likeness (QED) is 0.321. The van der Waals surface area contributed by atoms with E-state index in [-0.39, 0.29) is 5.91 Å². The van der Waals surface area contributed by atoms with Crippen molar-refractivity contribution in [3.63, 3.8) is 0 Å². The lowest BCUT2D eigenvalue weighted by Crippen LogP contribution is -2.44. The van der Waals surface area contributed by atoms with Crippen molar-refractivity contribution in [1.82, 2.24) is 10.6 Å². The molecule has 0 bridgehead atoms. The van der Waals surface area contributed by atoms with Gasteiger partial charge in [0.15, 0.2) is 0 Å². The van der Waals surface area contributed by atoms with Gasteiger partial charge in [-0.05, 0) is 36.2 Å². The van der Waals surface area contributed by atoms with Gasteiger partial charge in [0.2, 0.25) is 5.91 Å². The fourth-order valence-electron chi connectivity index (χ4n) is 3.44. The molecule has 0 spiro atoms. The largest absolute Gasteiger partial charge is 0.394 e. The summed E-state index contributed by atoms with van der Waals surface area (Å²) in [6.07, 6.45) is 3.61. The summed E-state index contributed by atoms with van der Waals surface area (Å²) in [5, 5.41) is 26.3. The van der Waals surface area contributed by atoms with E-state index in [2.05, 4.69) is 35.9 Å². The predicted octanol–water partition coefficient (Wildman–Crippen LogP) is 3.46. The first-order valence-electron chi connectivity index (χ1n) is 10.4. The molecule has 32 heavy (non-hydrogen) atoms. The maximum Gasteiger partial charge on any atom is 0.233 e. The monoisotopic (exact) mass is 431 g/mol. The highest BCUT2D eigenvalue weighted by Gasteiger charge is 2.33. The van der Waals surface area contributed by atoms with Crippen LogP contribution in [0.15, 0.2) is 60.3 Å². The maximum atomic E-state index is 13.6. The van der Waals surface area contributed by atoms with E-state index < -0.39 is 12.0 Å². The van der Waals surface area contributed by atoms with Crippen LogP contribution in [0.25, 0.3) is 0 Å². The van der Waals surface area contributed by atoms with Crippen LogP contribution in [0.1, 0.15) is 41.3 Å². The summed E-state index contributed by atoms with van der Waals surface area (Å²) in [4.78, 5) is 25.4. The van der Waals surface area contributed by atoms with Crippen LogP contribution in [0, 0.1) is 22.7 Å². The molecule has 2 rings (SSSR count). The number of amides is 1. The first kappa shape index (κ1) is 24.5. The summed E-state index contributed by atoms with van der Waals surface area (Å²) in [5.74, 6) is -0.849. The summed E-state index contributed by atoms with van der Waals surface area (Å²) in [6, 6.07) is 15.1. The minimum atomic E-state index is -0.804. The number of nitrogens with one attached hydrogen (secondary N) is 4. The number of rotatable bonds is 11. The standard InChI is InChI=1S/C25H29N5O2/c1-17(2)14-29-24(20(13-27)15-28-3)23(22-10-5-4-8-19(22)16-31)25(32)30-21-9-6-7-18(11-21)12-26/h4-11,13,15-17,23-24,27-29H,14H2,1-3H3,(H,30,32)/b20-15+,27-13?/t23-,24+/m1/s1. The summed E-state index contributed by atoms with van der Waals surface area (Å²) >= 11 is 0. The molecule has 7 heteroatoms. The summed E-state index contributed by atoms with van der Waals surface area (Å²) < 4.78 is 0. The Kier molecular flexibility index (Phi) is 9.33. The summed E-state index contributed by atoms with van der Waals surface area (Å²) in [6.45, 7) is 4.71. The Balaban J connectivity index is 2.59. The molecule has 0 aliphatic rings. The molecule has 2 aromatic carbocycles. The molecule has 0 aliphatic carbocycles. The second kappa shape index (κ2) is 12.2. The normalized spacial score (nSPS) is 13.0. The van der Waals surface area contributed by atoms with E-state index in [9.17, 15) is 14.9 Å². The van der Waals surface area contributed by atoms with Gasteiger partial charge in [0.1, 0.15) is 6.29 Å². The lowest BCUT2D eigenvalue weighted by Gasteiger charge is -2.30. The molecule has 0 aliphatic heterocycles. The highest BCUT2D eigenvalue weighted by atomic mass is 16.2. The molecule has 0 saturated carbocycles. The van der Waals surface area contributed by atoms with Crippen LogP contribution in [-0.2, 0) is 4.79 Å². The van der Waals surface area contributed by atoms with Gasteiger partial charge in [-0.1, -0.05) is 44.2 Å². The Morgan fingerprint density at radius 2 is 1.94 bits per heavy atom. The smallest absolute Gasteiger partial charge is 0.233 e. The number of benzene rings is 2. The Hall–Kier alpha value is -3.76. The number of hydrogen-bond donors (Lipinski definition) is 4. The second-order valence-electron chi connectivity index (χ2n) is 7.76. The van der Waals surface area contributed by atoms with Gasteiger partial charge in [-0.3, -0.25) is 9.59 Å². The third-order valence-corrected chi connectivity index (χ3v) is 4.92. The van der Waals surface area contributed by atoms with E-state index >= 15 is 0 Å². The van der Waals surface area contributed by atoms with E-state index in [4.69, 9.17) is 5.41 Å². The zero-order valence-electron chi connectivity index (χ0n) is 18.6. The Morgan fingerprint density at radius 3 is 2.56 bits per heavy atom. The van der Waals surface area contributed by atoms with Crippen molar-refractivity contribution in [2.24, 2.45) is 5.92 Å². The van der Waals surface area contributed by atoms with Gasteiger partial charge in [-0.2, -0.15) is 5.26 Å². The molecule has 0 radical (unpaired) electrons. The third kappa shape index (κ3) is 6.37. The van der Waals surface area contributed by atoms with Gasteiger partial charge in [0.05, 0.1) is 23.6 Å². The summed E-state index contributed by atoms with van der Waals surface area (Å²) in [5.41, 5.74) is 2.45. The van der Waals surface area contributed by atoms with Crippen molar-refractivity contribution in [3.8, 4) is 6.07 Å². The number of nitriles is 1. The van der Waals surface area contributed by atoms with Crippen molar-refractivity contribution in [2.75, 3.05) is 18.9 Å². The number of anilines is 1. The van der Waals surface area contributed by atoms with E-state index in [0.29, 0.717) is 40.4 Å². The molecule has 0 aromatic heterocycles. The number of nitrogens with zero attached hydrogens (tertiary/aromatic N) is 1. The fourth-order valence-corrected chi connectivity index (χ4v) is 3.44. The van der Waals surface area contributed by atoms with Crippen LogP contribution in [-0.4, -0.2) is 38.0 Å². The molecule has 0 saturated heterocycles. The average Bonchev–Trinajstić information content (AvgIpc) is 2.80. The topological polar surface area (TPSA) is 118 Å². The molecule has 2 atom stereocenters. The fraction of sp³-hybridized carbons (Fsp3) is 0.280. The molecule has 166 valence electrons. The number of carbonyl (C=O) groups excluding carboxylic acids is 2. The first-order chi connectivity index (χ1) is 15.4. The number of hydrogen-bond acceptors (Lipinski definition) is 6. The first-order valence-corrected chi connectivity index (χ1v) is 10.4. The van der Waals surface area contributed by atoms with Crippen molar-refractivity contribution in [2.45, 2.75) is 25.8 Å². The van der Waals surface area contributed by atoms with Crippen molar-refractivity contribution < 1.29 is 9.59 Å². The highest BCUT2D eigenvalue weighted by molar-refractivity contribution is 5.99. The molecule has 0 unspecified atom stereocenters. The molecule has 2 aromatic rings.